The van der Waals surface area contributed by atoms with Crippen molar-refractivity contribution in [3.05, 3.63) is 52.4 Å². The van der Waals surface area contributed by atoms with Crippen LogP contribution in [0.5, 0.6) is 0 Å². The molecular formula is C14H13ClFN3O. The van der Waals surface area contributed by atoms with Crippen molar-refractivity contribution in [2.45, 2.75) is 6.92 Å². The molecule has 0 spiro atoms. The SMILES string of the molecule is CNc1cc(C(=O)Nc2ccc(F)c(C)c2)cc(Cl)n1. The Morgan fingerprint density at radius 2 is 2.05 bits per heavy atom. The number of hydrogen-bond donors (Lipinski definition) is 2. The van der Waals surface area contributed by atoms with E-state index in [1.807, 2.05) is 0 Å². The third-order valence-electron chi connectivity index (χ3n) is 2.73. The van der Waals surface area contributed by atoms with Crippen LogP contribution in [0.15, 0.2) is 30.3 Å². The average molecular weight is 294 g/mol. The van der Waals surface area contributed by atoms with Gasteiger partial charge < -0.3 is 10.6 Å². The lowest BCUT2D eigenvalue weighted by atomic mass is 10.2. The van der Waals surface area contributed by atoms with Crippen LogP contribution in [0.4, 0.5) is 15.9 Å². The van der Waals surface area contributed by atoms with Gasteiger partial charge in [0.05, 0.1) is 0 Å². The van der Waals surface area contributed by atoms with Crippen LogP contribution >= 0.6 is 11.6 Å². The number of rotatable bonds is 3. The van der Waals surface area contributed by atoms with Gasteiger partial charge in [-0.1, -0.05) is 11.6 Å². The van der Waals surface area contributed by atoms with Gasteiger partial charge in [-0.3, -0.25) is 4.79 Å². The quantitative estimate of drug-likeness (QED) is 0.852. The number of carbonyl (C=O) groups is 1. The molecule has 6 heteroatoms. The van der Waals surface area contributed by atoms with E-state index in [-0.39, 0.29) is 16.9 Å². The molecule has 1 aromatic heterocycles. The molecule has 2 aromatic rings. The number of nitrogens with zero attached hydrogens (tertiary/aromatic N) is 1. The van der Waals surface area contributed by atoms with Crippen LogP contribution in [0.1, 0.15) is 15.9 Å². The predicted molar refractivity (Wildman–Crippen MR) is 77.9 cm³/mol. The summed E-state index contributed by atoms with van der Waals surface area (Å²) in [5.74, 6) is -0.151. The largest absolute Gasteiger partial charge is 0.373 e. The van der Waals surface area contributed by atoms with Crippen LogP contribution in [0.25, 0.3) is 0 Å². The molecule has 2 rings (SSSR count). The number of anilines is 2. The lowest BCUT2D eigenvalue weighted by Crippen LogP contribution is -2.13. The van der Waals surface area contributed by atoms with Gasteiger partial charge >= 0.3 is 0 Å². The first-order chi connectivity index (χ1) is 9.49. The van der Waals surface area contributed by atoms with E-state index in [9.17, 15) is 9.18 Å². The van der Waals surface area contributed by atoms with Gasteiger partial charge in [-0.25, -0.2) is 9.37 Å². The molecule has 0 atom stereocenters. The molecule has 1 amide bonds. The maximum atomic E-state index is 13.2. The van der Waals surface area contributed by atoms with Gasteiger partial charge in [0, 0.05) is 18.3 Å². The summed E-state index contributed by atoms with van der Waals surface area (Å²) in [4.78, 5) is 16.1. The van der Waals surface area contributed by atoms with Crippen molar-refractivity contribution < 1.29 is 9.18 Å². The van der Waals surface area contributed by atoms with Gasteiger partial charge in [0.2, 0.25) is 0 Å². The molecule has 0 aliphatic rings. The number of carbonyl (C=O) groups excluding carboxylic acids is 1. The number of aryl methyl sites for hydroxylation is 1. The molecule has 2 N–H and O–H groups in total. The molecule has 20 heavy (non-hydrogen) atoms. The van der Waals surface area contributed by atoms with Crippen molar-refractivity contribution in [2.24, 2.45) is 0 Å². The maximum Gasteiger partial charge on any atom is 0.255 e. The van der Waals surface area contributed by atoms with Gasteiger partial charge in [-0.05, 0) is 42.8 Å². The molecule has 4 nitrogen and oxygen atoms in total. The van der Waals surface area contributed by atoms with E-state index in [4.69, 9.17) is 11.6 Å². The van der Waals surface area contributed by atoms with E-state index < -0.39 is 0 Å². The molecule has 0 unspecified atom stereocenters. The summed E-state index contributed by atoms with van der Waals surface area (Å²) < 4.78 is 13.2. The number of halogens is 2. The standard InChI is InChI=1S/C14H13ClFN3O/c1-8-5-10(3-4-11(8)16)18-14(20)9-6-12(15)19-13(7-9)17-2/h3-7H,1-2H3,(H,17,19)(H,18,20). The zero-order valence-corrected chi connectivity index (χ0v) is 11.8. The van der Waals surface area contributed by atoms with Crippen LogP contribution in [0.2, 0.25) is 5.15 Å². The van der Waals surface area contributed by atoms with Crippen LogP contribution in [-0.2, 0) is 0 Å². The lowest BCUT2D eigenvalue weighted by molar-refractivity contribution is 0.102. The third kappa shape index (κ3) is 3.24. The highest BCUT2D eigenvalue weighted by atomic mass is 35.5. The first-order valence-electron chi connectivity index (χ1n) is 5.92. The number of benzene rings is 1. The summed E-state index contributed by atoms with van der Waals surface area (Å²) in [6.45, 7) is 1.63. The smallest absolute Gasteiger partial charge is 0.255 e. The monoisotopic (exact) mass is 293 g/mol. The zero-order valence-electron chi connectivity index (χ0n) is 11.0. The Balaban J connectivity index is 2.23. The van der Waals surface area contributed by atoms with Gasteiger partial charge in [0.1, 0.15) is 16.8 Å². The highest BCUT2D eigenvalue weighted by molar-refractivity contribution is 6.30. The van der Waals surface area contributed by atoms with Crippen molar-refractivity contribution in [1.29, 1.82) is 0 Å². The van der Waals surface area contributed by atoms with Crippen LogP contribution < -0.4 is 10.6 Å². The van der Waals surface area contributed by atoms with Gasteiger partial charge in [0.15, 0.2) is 0 Å². The molecule has 0 aliphatic carbocycles. The Bertz CT molecular complexity index is 661. The van der Waals surface area contributed by atoms with E-state index in [0.29, 0.717) is 22.6 Å². The highest BCUT2D eigenvalue weighted by Crippen LogP contribution is 2.18. The van der Waals surface area contributed by atoms with Crippen LogP contribution in [-0.4, -0.2) is 17.9 Å². The molecule has 0 saturated heterocycles. The molecule has 0 saturated carbocycles. The Labute approximate surface area is 121 Å². The molecule has 1 heterocycles. The molecule has 104 valence electrons. The average Bonchev–Trinajstić information content (AvgIpc) is 2.42. The second-order valence-electron chi connectivity index (χ2n) is 4.23. The molecule has 0 bridgehead atoms. The topological polar surface area (TPSA) is 54.0 Å². The fourth-order valence-corrected chi connectivity index (χ4v) is 1.89. The second kappa shape index (κ2) is 5.88. The Morgan fingerprint density at radius 1 is 1.30 bits per heavy atom. The van der Waals surface area contributed by atoms with Gasteiger partial charge in [-0.2, -0.15) is 0 Å². The minimum Gasteiger partial charge on any atom is -0.373 e. The van der Waals surface area contributed by atoms with Crippen molar-refractivity contribution in [2.75, 3.05) is 17.7 Å². The Kier molecular flexibility index (Phi) is 4.20. The van der Waals surface area contributed by atoms with Crippen molar-refractivity contribution in [1.82, 2.24) is 4.98 Å². The summed E-state index contributed by atoms with van der Waals surface area (Å²) in [7, 11) is 1.68. The fraction of sp³-hybridized carbons (Fsp3) is 0.143. The summed E-state index contributed by atoms with van der Waals surface area (Å²) in [6.07, 6.45) is 0. The lowest BCUT2D eigenvalue weighted by Gasteiger charge is -2.08. The van der Waals surface area contributed by atoms with E-state index in [1.165, 1.54) is 18.2 Å². The van der Waals surface area contributed by atoms with Crippen molar-refractivity contribution in [3.63, 3.8) is 0 Å². The fourth-order valence-electron chi connectivity index (χ4n) is 1.68. The van der Waals surface area contributed by atoms with E-state index in [1.54, 1.807) is 26.1 Å². The number of aromatic nitrogens is 1. The molecule has 1 aromatic carbocycles. The summed E-state index contributed by atoms with van der Waals surface area (Å²) >= 11 is 5.84. The number of nitrogens with one attached hydrogen (secondary N) is 2. The van der Waals surface area contributed by atoms with E-state index >= 15 is 0 Å². The minimum atomic E-state index is -0.336. The second-order valence-corrected chi connectivity index (χ2v) is 4.62. The molecule has 0 fully saturated rings. The molecule has 0 aliphatic heterocycles. The predicted octanol–water partition coefficient (Wildman–Crippen LogP) is 3.48. The highest BCUT2D eigenvalue weighted by Gasteiger charge is 2.10. The number of amides is 1. The third-order valence-corrected chi connectivity index (χ3v) is 2.92. The maximum absolute atomic E-state index is 13.2. The number of hydrogen-bond acceptors (Lipinski definition) is 3. The van der Waals surface area contributed by atoms with Gasteiger partial charge in [0.25, 0.3) is 5.91 Å². The van der Waals surface area contributed by atoms with Crippen LogP contribution in [0.3, 0.4) is 0 Å². The number of pyridine rings is 1. The summed E-state index contributed by atoms with van der Waals surface area (Å²) in [5.41, 5.74) is 1.36. The Hall–Kier alpha value is -2.14. The van der Waals surface area contributed by atoms with E-state index in [2.05, 4.69) is 15.6 Å². The molecular weight excluding hydrogens is 281 g/mol. The van der Waals surface area contributed by atoms with Crippen molar-refractivity contribution in [3.8, 4) is 0 Å². The van der Waals surface area contributed by atoms with Crippen molar-refractivity contribution >= 4 is 29.0 Å². The normalized spacial score (nSPS) is 10.2. The van der Waals surface area contributed by atoms with Crippen LogP contribution in [0, 0.1) is 12.7 Å². The Morgan fingerprint density at radius 3 is 2.70 bits per heavy atom. The summed E-state index contributed by atoms with van der Waals surface area (Å²) in [5, 5.41) is 5.72. The molecule has 0 radical (unpaired) electrons. The van der Waals surface area contributed by atoms with Gasteiger partial charge in [-0.15, -0.1) is 0 Å². The first-order valence-corrected chi connectivity index (χ1v) is 6.30. The summed E-state index contributed by atoms with van der Waals surface area (Å²) in [6, 6.07) is 7.42. The minimum absolute atomic E-state index is 0.220. The zero-order chi connectivity index (χ0) is 14.7. The first kappa shape index (κ1) is 14.3. The van der Waals surface area contributed by atoms with E-state index in [0.717, 1.165) is 0 Å².